The Morgan fingerprint density at radius 2 is 2.11 bits per heavy atom. The highest BCUT2D eigenvalue weighted by atomic mass is 16.3. The van der Waals surface area contributed by atoms with Gasteiger partial charge in [-0.05, 0) is 25.5 Å². The van der Waals surface area contributed by atoms with E-state index in [4.69, 9.17) is 0 Å². The third-order valence-corrected chi connectivity index (χ3v) is 3.41. The summed E-state index contributed by atoms with van der Waals surface area (Å²) in [6.45, 7) is 3.53. The maximum absolute atomic E-state index is 12.1. The fourth-order valence-corrected chi connectivity index (χ4v) is 2.27. The Morgan fingerprint density at radius 1 is 1.44 bits per heavy atom. The normalized spacial score (nSPS) is 24.2. The molecule has 2 rings (SSSR count). The Balaban J connectivity index is 1.93. The lowest BCUT2D eigenvalue weighted by molar-refractivity contribution is -0.119. The first-order valence-corrected chi connectivity index (χ1v) is 6.24. The molecule has 0 aliphatic carbocycles. The summed E-state index contributed by atoms with van der Waals surface area (Å²) in [6.07, 6.45) is 0.731. The van der Waals surface area contributed by atoms with E-state index < -0.39 is 5.60 Å². The molecule has 98 valence electrons. The van der Waals surface area contributed by atoms with Crippen LogP contribution in [0.1, 0.15) is 13.3 Å². The van der Waals surface area contributed by atoms with Crippen molar-refractivity contribution in [3.63, 3.8) is 0 Å². The van der Waals surface area contributed by atoms with Crippen LogP contribution in [0.5, 0.6) is 0 Å². The standard InChI is InChI=1S/C14H20N2O2/c1-14(18)8-9-16(11-14)10-13(17)15(2)12-6-4-3-5-7-12/h3-7,18H,8-11H2,1-2H3. The molecule has 1 aliphatic heterocycles. The van der Waals surface area contributed by atoms with E-state index in [-0.39, 0.29) is 5.91 Å². The molecular formula is C14H20N2O2. The smallest absolute Gasteiger partial charge is 0.240 e. The number of carbonyl (C=O) groups is 1. The summed E-state index contributed by atoms with van der Waals surface area (Å²) in [5.74, 6) is 0.0545. The van der Waals surface area contributed by atoms with Crippen molar-refractivity contribution in [3.8, 4) is 0 Å². The number of hydrogen-bond donors (Lipinski definition) is 1. The highest BCUT2D eigenvalue weighted by molar-refractivity contribution is 5.94. The first kappa shape index (κ1) is 13.1. The number of amides is 1. The topological polar surface area (TPSA) is 43.8 Å². The Morgan fingerprint density at radius 3 is 2.67 bits per heavy atom. The van der Waals surface area contributed by atoms with Crippen LogP contribution in [0, 0.1) is 0 Å². The predicted molar refractivity (Wildman–Crippen MR) is 71.5 cm³/mol. The van der Waals surface area contributed by atoms with Crippen molar-refractivity contribution in [2.45, 2.75) is 18.9 Å². The number of β-amino-alcohol motifs (C(OH)–C–C–N with tert-alkyl or cyclic N) is 1. The van der Waals surface area contributed by atoms with Gasteiger partial charge < -0.3 is 10.0 Å². The van der Waals surface area contributed by atoms with Crippen LogP contribution >= 0.6 is 0 Å². The molecule has 1 aliphatic rings. The second-order valence-corrected chi connectivity index (χ2v) is 5.25. The molecule has 0 bridgehead atoms. The maximum atomic E-state index is 12.1. The van der Waals surface area contributed by atoms with Crippen LogP contribution in [0.3, 0.4) is 0 Å². The van der Waals surface area contributed by atoms with Crippen LogP contribution in [0.4, 0.5) is 5.69 Å². The second kappa shape index (κ2) is 5.08. The minimum Gasteiger partial charge on any atom is -0.389 e. The molecule has 1 aromatic carbocycles. The molecule has 1 heterocycles. The number of anilines is 1. The fraction of sp³-hybridized carbons (Fsp3) is 0.500. The van der Waals surface area contributed by atoms with E-state index in [0.717, 1.165) is 18.7 Å². The van der Waals surface area contributed by atoms with Gasteiger partial charge in [0.15, 0.2) is 0 Å². The number of benzene rings is 1. The monoisotopic (exact) mass is 248 g/mol. The summed E-state index contributed by atoms with van der Waals surface area (Å²) in [6, 6.07) is 9.59. The van der Waals surface area contributed by atoms with Gasteiger partial charge in [-0.1, -0.05) is 18.2 Å². The molecule has 1 saturated heterocycles. The van der Waals surface area contributed by atoms with Crippen molar-refractivity contribution >= 4 is 11.6 Å². The average molecular weight is 248 g/mol. The lowest BCUT2D eigenvalue weighted by atomic mass is 10.1. The van der Waals surface area contributed by atoms with Crippen molar-refractivity contribution in [2.75, 3.05) is 31.6 Å². The van der Waals surface area contributed by atoms with Gasteiger partial charge in [-0.15, -0.1) is 0 Å². The Hall–Kier alpha value is -1.39. The van der Waals surface area contributed by atoms with Gasteiger partial charge in [-0.3, -0.25) is 9.69 Å². The molecule has 1 amide bonds. The Bertz CT molecular complexity index is 417. The first-order chi connectivity index (χ1) is 8.48. The van der Waals surface area contributed by atoms with Crippen molar-refractivity contribution in [1.29, 1.82) is 0 Å². The number of hydrogen-bond acceptors (Lipinski definition) is 3. The van der Waals surface area contributed by atoms with E-state index in [1.165, 1.54) is 0 Å². The second-order valence-electron chi connectivity index (χ2n) is 5.25. The van der Waals surface area contributed by atoms with E-state index in [0.29, 0.717) is 13.1 Å². The van der Waals surface area contributed by atoms with E-state index in [1.807, 2.05) is 42.2 Å². The van der Waals surface area contributed by atoms with Crippen LogP contribution in [0.2, 0.25) is 0 Å². The van der Waals surface area contributed by atoms with Gasteiger partial charge in [0.25, 0.3) is 0 Å². The van der Waals surface area contributed by atoms with Crippen LogP contribution in [0.15, 0.2) is 30.3 Å². The van der Waals surface area contributed by atoms with E-state index in [1.54, 1.807) is 11.9 Å². The minimum absolute atomic E-state index is 0.0545. The summed E-state index contributed by atoms with van der Waals surface area (Å²) < 4.78 is 0. The van der Waals surface area contributed by atoms with Crippen LogP contribution in [-0.4, -0.2) is 48.2 Å². The van der Waals surface area contributed by atoms with Crippen LogP contribution < -0.4 is 4.90 Å². The zero-order valence-electron chi connectivity index (χ0n) is 11.0. The van der Waals surface area contributed by atoms with Gasteiger partial charge in [-0.2, -0.15) is 0 Å². The summed E-state index contributed by atoms with van der Waals surface area (Å²) >= 11 is 0. The predicted octanol–water partition coefficient (Wildman–Crippen LogP) is 1.11. The lowest BCUT2D eigenvalue weighted by Gasteiger charge is -2.22. The van der Waals surface area contributed by atoms with Gasteiger partial charge in [0.2, 0.25) is 5.91 Å². The largest absolute Gasteiger partial charge is 0.389 e. The average Bonchev–Trinajstić information content (AvgIpc) is 2.68. The molecule has 1 atom stereocenters. The third kappa shape index (κ3) is 3.09. The maximum Gasteiger partial charge on any atom is 0.240 e. The van der Waals surface area contributed by atoms with Gasteiger partial charge in [0.05, 0.1) is 12.1 Å². The minimum atomic E-state index is -0.647. The number of likely N-dealkylation sites (tertiary alicyclic amines) is 1. The molecular weight excluding hydrogens is 228 g/mol. The number of nitrogens with zero attached hydrogens (tertiary/aromatic N) is 2. The molecule has 0 aromatic heterocycles. The van der Waals surface area contributed by atoms with Gasteiger partial charge >= 0.3 is 0 Å². The Kier molecular flexibility index (Phi) is 3.68. The molecule has 1 unspecified atom stereocenters. The van der Waals surface area contributed by atoms with Crippen molar-refractivity contribution < 1.29 is 9.90 Å². The Labute approximate surface area is 108 Å². The van der Waals surface area contributed by atoms with E-state index in [9.17, 15) is 9.90 Å². The molecule has 0 saturated carbocycles. The highest BCUT2D eigenvalue weighted by Crippen LogP contribution is 2.20. The SMILES string of the molecule is CN(C(=O)CN1CCC(C)(O)C1)c1ccccc1. The molecule has 0 spiro atoms. The number of aliphatic hydroxyl groups is 1. The van der Waals surface area contributed by atoms with Gasteiger partial charge in [0.1, 0.15) is 0 Å². The molecule has 1 aromatic rings. The number of para-hydroxylation sites is 1. The van der Waals surface area contributed by atoms with E-state index in [2.05, 4.69) is 0 Å². The zero-order valence-corrected chi connectivity index (χ0v) is 11.0. The summed E-state index contributed by atoms with van der Waals surface area (Å²) in [5, 5.41) is 9.87. The molecule has 18 heavy (non-hydrogen) atoms. The summed E-state index contributed by atoms with van der Waals surface area (Å²) in [7, 11) is 1.78. The molecule has 4 nitrogen and oxygen atoms in total. The van der Waals surface area contributed by atoms with E-state index >= 15 is 0 Å². The highest BCUT2D eigenvalue weighted by Gasteiger charge is 2.32. The third-order valence-electron chi connectivity index (χ3n) is 3.41. The molecule has 1 N–H and O–H groups in total. The van der Waals surface area contributed by atoms with Crippen LogP contribution in [0.25, 0.3) is 0 Å². The quantitative estimate of drug-likeness (QED) is 0.871. The summed E-state index contributed by atoms with van der Waals surface area (Å²) in [5.41, 5.74) is 0.249. The summed E-state index contributed by atoms with van der Waals surface area (Å²) in [4.78, 5) is 15.8. The zero-order chi connectivity index (χ0) is 13.2. The van der Waals surface area contributed by atoms with Gasteiger partial charge in [0, 0.05) is 25.8 Å². The van der Waals surface area contributed by atoms with Gasteiger partial charge in [-0.25, -0.2) is 0 Å². The van der Waals surface area contributed by atoms with Crippen molar-refractivity contribution in [1.82, 2.24) is 4.90 Å². The first-order valence-electron chi connectivity index (χ1n) is 6.24. The molecule has 4 heteroatoms. The van der Waals surface area contributed by atoms with Crippen LogP contribution in [-0.2, 0) is 4.79 Å². The number of rotatable bonds is 3. The van der Waals surface area contributed by atoms with Crippen molar-refractivity contribution in [3.05, 3.63) is 30.3 Å². The number of likely N-dealkylation sites (N-methyl/N-ethyl adjacent to an activating group) is 1. The molecule has 0 radical (unpaired) electrons. The fourth-order valence-electron chi connectivity index (χ4n) is 2.27. The molecule has 1 fully saturated rings. The number of carbonyl (C=O) groups excluding carboxylic acids is 1. The van der Waals surface area contributed by atoms with Crippen molar-refractivity contribution in [2.24, 2.45) is 0 Å². The lowest BCUT2D eigenvalue weighted by Crippen LogP contribution is -2.39.